The zero-order valence-corrected chi connectivity index (χ0v) is 15.1. The first-order valence-electron chi connectivity index (χ1n) is 9.13. The Balaban J connectivity index is 2.02. The third-order valence-electron chi connectivity index (χ3n) is 5.05. The molecule has 1 aliphatic rings. The number of carbonyl (C=O) groups is 1. The largest absolute Gasteiger partial charge is 0.314 e. The second-order valence-corrected chi connectivity index (χ2v) is 7.26. The summed E-state index contributed by atoms with van der Waals surface area (Å²) in [6, 6.07) is 8.69. The molecule has 1 atom stereocenters. The molecule has 24 heavy (non-hydrogen) atoms. The number of hydrogen-bond donors (Lipinski definition) is 1. The lowest BCUT2D eigenvalue weighted by atomic mass is 9.95. The van der Waals surface area contributed by atoms with Crippen molar-refractivity contribution in [1.82, 2.24) is 14.8 Å². The molecule has 0 saturated carbocycles. The summed E-state index contributed by atoms with van der Waals surface area (Å²) in [5.74, 6) is 0.775. The molecule has 0 radical (unpaired) electrons. The smallest absolute Gasteiger partial charge is 0.227 e. The lowest BCUT2D eigenvalue weighted by Crippen LogP contribution is -2.45. The van der Waals surface area contributed by atoms with E-state index in [1.165, 1.54) is 17.4 Å². The highest BCUT2D eigenvalue weighted by atomic mass is 16.1. The van der Waals surface area contributed by atoms with Crippen molar-refractivity contribution in [3.63, 3.8) is 0 Å². The first-order chi connectivity index (χ1) is 11.6. The Morgan fingerprint density at radius 3 is 2.54 bits per heavy atom. The van der Waals surface area contributed by atoms with Gasteiger partial charge in [0.25, 0.3) is 0 Å². The molecule has 2 heterocycles. The Hall–Kier alpha value is -1.65. The summed E-state index contributed by atoms with van der Waals surface area (Å²) >= 11 is 0. The van der Waals surface area contributed by atoms with E-state index in [0.717, 1.165) is 38.1 Å². The van der Waals surface area contributed by atoms with Gasteiger partial charge in [-0.3, -0.25) is 14.3 Å². The van der Waals surface area contributed by atoms with E-state index in [2.05, 4.69) is 48.5 Å². The summed E-state index contributed by atoms with van der Waals surface area (Å²) in [5.41, 5.74) is 2.34. The van der Waals surface area contributed by atoms with Gasteiger partial charge in [-0.2, -0.15) is 0 Å². The Bertz CT molecular complexity index is 698. The Morgan fingerprint density at radius 1 is 1.17 bits per heavy atom. The van der Waals surface area contributed by atoms with Crippen LogP contribution in [0.5, 0.6) is 0 Å². The van der Waals surface area contributed by atoms with Crippen LogP contribution in [0.3, 0.4) is 0 Å². The van der Waals surface area contributed by atoms with Gasteiger partial charge >= 0.3 is 0 Å². The molecule has 1 aromatic heterocycles. The van der Waals surface area contributed by atoms with Crippen molar-refractivity contribution in [3.8, 4) is 0 Å². The minimum atomic E-state index is 0.0837. The van der Waals surface area contributed by atoms with Gasteiger partial charge in [0.2, 0.25) is 5.91 Å². The second-order valence-electron chi connectivity index (χ2n) is 7.26. The van der Waals surface area contributed by atoms with E-state index in [1.807, 2.05) is 10.6 Å². The third kappa shape index (κ3) is 3.55. The van der Waals surface area contributed by atoms with Crippen molar-refractivity contribution in [2.24, 2.45) is 5.92 Å². The van der Waals surface area contributed by atoms with E-state index >= 15 is 0 Å². The molecule has 1 saturated heterocycles. The van der Waals surface area contributed by atoms with Crippen molar-refractivity contribution >= 4 is 16.8 Å². The highest BCUT2D eigenvalue weighted by Gasteiger charge is 2.26. The van der Waals surface area contributed by atoms with E-state index in [4.69, 9.17) is 0 Å². The highest BCUT2D eigenvalue weighted by molar-refractivity contribution is 5.93. The minimum Gasteiger partial charge on any atom is -0.314 e. The molecular formula is C20H29N3O. The summed E-state index contributed by atoms with van der Waals surface area (Å²) < 4.78 is 1.81. The number of para-hydroxylation sites is 1. The number of nitrogens with one attached hydrogen (secondary N) is 1. The SMILES string of the molecule is CC(=O)n1cc([C@H](CCC(C)C)N2CCNCC2)c2ccccc21. The first-order valence-corrected chi connectivity index (χ1v) is 9.13. The molecule has 0 aliphatic carbocycles. The second kappa shape index (κ2) is 7.49. The van der Waals surface area contributed by atoms with Gasteiger partial charge in [-0.05, 0) is 30.4 Å². The minimum absolute atomic E-state index is 0.0837. The van der Waals surface area contributed by atoms with Gasteiger partial charge in [-0.25, -0.2) is 0 Å². The fraction of sp³-hybridized carbons (Fsp3) is 0.550. The maximum absolute atomic E-state index is 12.1. The maximum Gasteiger partial charge on any atom is 0.227 e. The monoisotopic (exact) mass is 327 g/mol. The first kappa shape index (κ1) is 17.2. The number of rotatable bonds is 5. The van der Waals surface area contributed by atoms with Gasteiger partial charge in [0.1, 0.15) is 0 Å². The lowest BCUT2D eigenvalue weighted by molar-refractivity contribution is 0.0941. The van der Waals surface area contributed by atoms with Crippen LogP contribution >= 0.6 is 0 Å². The van der Waals surface area contributed by atoms with E-state index in [0.29, 0.717) is 12.0 Å². The van der Waals surface area contributed by atoms with Gasteiger partial charge in [0, 0.05) is 50.7 Å². The quantitative estimate of drug-likeness (QED) is 0.910. The maximum atomic E-state index is 12.1. The number of fused-ring (bicyclic) bond motifs is 1. The molecule has 1 aliphatic heterocycles. The Morgan fingerprint density at radius 2 is 1.88 bits per heavy atom. The van der Waals surface area contributed by atoms with Crippen molar-refractivity contribution < 1.29 is 4.79 Å². The van der Waals surface area contributed by atoms with Crippen LogP contribution in [0, 0.1) is 5.92 Å². The number of nitrogens with zero attached hydrogens (tertiary/aromatic N) is 2. The summed E-state index contributed by atoms with van der Waals surface area (Å²) in [6.45, 7) is 10.4. The van der Waals surface area contributed by atoms with Crippen molar-refractivity contribution in [2.45, 2.75) is 39.7 Å². The summed E-state index contributed by atoms with van der Waals surface area (Å²) in [6.07, 6.45) is 4.43. The molecule has 1 N–H and O–H groups in total. The van der Waals surface area contributed by atoms with Gasteiger partial charge in [0.05, 0.1) is 5.52 Å². The zero-order valence-electron chi connectivity index (χ0n) is 15.1. The van der Waals surface area contributed by atoms with E-state index in [9.17, 15) is 4.79 Å². The number of carbonyl (C=O) groups excluding carboxylic acids is 1. The number of benzene rings is 1. The molecule has 3 rings (SSSR count). The molecule has 4 nitrogen and oxygen atoms in total. The molecule has 0 amide bonds. The Kier molecular flexibility index (Phi) is 5.36. The number of piperazine rings is 1. The Labute approximate surface area is 144 Å². The average Bonchev–Trinajstić information content (AvgIpc) is 2.96. The van der Waals surface area contributed by atoms with Crippen LogP contribution in [0.15, 0.2) is 30.5 Å². The van der Waals surface area contributed by atoms with Crippen LogP contribution in [-0.2, 0) is 0 Å². The van der Waals surface area contributed by atoms with Gasteiger partial charge in [-0.1, -0.05) is 32.0 Å². The van der Waals surface area contributed by atoms with Crippen molar-refractivity contribution in [1.29, 1.82) is 0 Å². The predicted octanol–water partition coefficient (Wildman–Crippen LogP) is 3.68. The van der Waals surface area contributed by atoms with E-state index in [1.54, 1.807) is 6.92 Å². The number of hydrogen-bond acceptors (Lipinski definition) is 3. The average molecular weight is 327 g/mol. The van der Waals surface area contributed by atoms with Crippen LogP contribution in [0.25, 0.3) is 10.9 Å². The predicted molar refractivity (Wildman–Crippen MR) is 99.5 cm³/mol. The van der Waals surface area contributed by atoms with Crippen LogP contribution in [0.4, 0.5) is 0 Å². The molecular weight excluding hydrogens is 298 g/mol. The van der Waals surface area contributed by atoms with Crippen molar-refractivity contribution in [3.05, 3.63) is 36.0 Å². The molecule has 130 valence electrons. The van der Waals surface area contributed by atoms with E-state index in [-0.39, 0.29) is 5.91 Å². The summed E-state index contributed by atoms with van der Waals surface area (Å²) in [4.78, 5) is 14.7. The molecule has 1 aromatic carbocycles. The van der Waals surface area contributed by atoms with Crippen LogP contribution in [0.2, 0.25) is 0 Å². The summed E-state index contributed by atoms with van der Waals surface area (Å²) in [7, 11) is 0. The molecule has 2 aromatic rings. The summed E-state index contributed by atoms with van der Waals surface area (Å²) in [5, 5.41) is 4.67. The fourth-order valence-corrected chi connectivity index (χ4v) is 3.75. The standard InChI is InChI=1S/C20H29N3O/c1-15(2)8-9-19(22-12-10-21-11-13-22)18-14-23(16(3)24)20-7-5-4-6-17(18)20/h4-7,14-15,19,21H,8-13H2,1-3H3/t19-/m0/s1. The highest BCUT2D eigenvalue weighted by Crippen LogP contribution is 2.34. The lowest BCUT2D eigenvalue weighted by Gasteiger charge is -2.35. The van der Waals surface area contributed by atoms with Gasteiger partial charge in [0.15, 0.2) is 0 Å². The number of aromatic nitrogens is 1. The van der Waals surface area contributed by atoms with Crippen LogP contribution in [-0.4, -0.2) is 41.6 Å². The topological polar surface area (TPSA) is 37.3 Å². The fourth-order valence-electron chi connectivity index (χ4n) is 3.75. The molecule has 0 bridgehead atoms. The van der Waals surface area contributed by atoms with Crippen LogP contribution in [0.1, 0.15) is 50.0 Å². The normalized spacial score (nSPS) is 17.5. The van der Waals surface area contributed by atoms with Crippen molar-refractivity contribution in [2.75, 3.05) is 26.2 Å². The van der Waals surface area contributed by atoms with Gasteiger partial charge < -0.3 is 5.32 Å². The molecule has 0 unspecified atom stereocenters. The van der Waals surface area contributed by atoms with E-state index < -0.39 is 0 Å². The molecule has 1 fully saturated rings. The van der Waals surface area contributed by atoms with Gasteiger partial charge in [-0.15, -0.1) is 0 Å². The zero-order chi connectivity index (χ0) is 17.1. The molecule has 4 heteroatoms. The van der Waals surface area contributed by atoms with Crippen LogP contribution < -0.4 is 5.32 Å². The molecule has 0 spiro atoms. The third-order valence-corrected chi connectivity index (χ3v) is 5.05.